The second-order valence-electron chi connectivity index (χ2n) is 4.07. The van der Waals surface area contributed by atoms with Crippen molar-refractivity contribution in [2.45, 2.75) is 32.7 Å². The molecule has 1 aromatic rings. The highest BCUT2D eigenvalue weighted by Crippen LogP contribution is 2.30. The Kier molecular flexibility index (Phi) is 2.70. The topological polar surface area (TPSA) is 12.0 Å². The average molecular weight is 195 g/mol. The van der Waals surface area contributed by atoms with Crippen LogP contribution in [0.1, 0.15) is 36.2 Å². The van der Waals surface area contributed by atoms with Crippen LogP contribution in [0.2, 0.25) is 0 Å². The SMILES string of the molecule is Cc1sccc1C1CC(C)CCN1. The highest BCUT2D eigenvalue weighted by atomic mass is 32.1. The lowest BCUT2D eigenvalue weighted by molar-refractivity contribution is 0.325. The van der Waals surface area contributed by atoms with E-state index in [9.17, 15) is 0 Å². The van der Waals surface area contributed by atoms with E-state index in [1.807, 2.05) is 11.3 Å². The minimum absolute atomic E-state index is 0.620. The van der Waals surface area contributed by atoms with Crippen LogP contribution in [-0.2, 0) is 0 Å². The monoisotopic (exact) mass is 195 g/mol. The van der Waals surface area contributed by atoms with Crippen molar-refractivity contribution < 1.29 is 0 Å². The Balaban J connectivity index is 2.12. The maximum atomic E-state index is 3.60. The summed E-state index contributed by atoms with van der Waals surface area (Å²) in [6.45, 7) is 5.76. The molecule has 0 bridgehead atoms. The third-order valence-corrected chi connectivity index (χ3v) is 3.80. The molecule has 1 aliphatic heterocycles. The Morgan fingerprint density at radius 1 is 1.54 bits per heavy atom. The normalized spacial score (nSPS) is 29.1. The molecule has 0 aliphatic carbocycles. The first-order chi connectivity index (χ1) is 6.27. The van der Waals surface area contributed by atoms with E-state index in [0.29, 0.717) is 6.04 Å². The van der Waals surface area contributed by atoms with Gasteiger partial charge in [0.25, 0.3) is 0 Å². The number of piperidine rings is 1. The van der Waals surface area contributed by atoms with Gasteiger partial charge in [-0.3, -0.25) is 0 Å². The molecular weight excluding hydrogens is 178 g/mol. The lowest BCUT2D eigenvalue weighted by Crippen LogP contribution is -2.30. The summed E-state index contributed by atoms with van der Waals surface area (Å²) < 4.78 is 0. The fourth-order valence-corrected chi connectivity index (χ4v) is 2.87. The molecule has 72 valence electrons. The van der Waals surface area contributed by atoms with Gasteiger partial charge >= 0.3 is 0 Å². The van der Waals surface area contributed by atoms with Gasteiger partial charge in [-0.1, -0.05) is 6.92 Å². The maximum Gasteiger partial charge on any atom is 0.0333 e. The van der Waals surface area contributed by atoms with Crippen molar-refractivity contribution in [3.05, 3.63) is 21.9 Å². The molecule has 2 heterocycles. The van der Waals surface area contributed by atoms with Crippen LogP contribution in [0.15, 0.2) is 11.4 Å². The number of thiophene rings is 1. The van der Waals surface area contributed by atoms with Crippen molar-refractivity contribution in [2.24, 2.45) is 5.92 Å². The quantitative estimate of drug-likeness (QED) is 0.726. The molecule has 2 atom stereocenters. The molecular formula is C11H17NS. The van der Waals surface area contributed by atoms with Crippen LogP contribution in [0, 0.1) is 12.8 Å². The standard InChI is InChI=1S/C11H17NS/c1-8-3-5-12-11(7-8)10-4-6-13-9(10)2/h4,6,8,11-12H,3,5,7H2,1-2H3. The van der Waals surface area contributed by atoms with Crippen molar-refractivity contribution in [1.29, 1.82) is 0 Å². The van der Waals surface area contributed by atoms with Gasteiger partial charge in [0.15, 0.2) is 0 Å². The fourth-order valence-electron chi connectivity index (χ4n) is 2.10. The van der Waals surface area contributed by atoms with Gasteiger partial charge in [-0.05, 0) is 49.2 Å². The lowest BCUT2D eigenvalue weighted by Gasteiger charge is -2.28. The van der Waals surface area contributed by atoms with Crippen molar-refractivity contribution in [3.63, 3.8) is 0 Å². The van der Waals surface area contributed by atoms with Crippen LogP contribution in [0.4, 0.5) is 0 Å². The van der Waals surface area contributed by atoms with E-state index in [1.165, 1.54) is 29.8 Å². The number of hydrogen-bond donors (Lipinski definition) is 1. The van der Waals surface area contributed by atoms with E-state index in [1.54, 1.807) is 0 Å². The molecule has 0 aromatic carbocycles. The zero-order chi connectivity index (χ0) is 9.26. The molecule has 1 aliphatic rings. The van der Waals surface area contributed by atoms with Crippen molar-refractivity contribution in [1.82, 2.24) is 5.32 Å². The smallest absolute Gasteiger partial charge is 0.0333 e. The van der Waals surface area contributed by atoms with Gasteiger partial charge in [0.1, 0.15) is 0 Å². The summed E-state index contributed by atoms with van der Waals surface area (Å²) in [5.41, 5.74) is 1.52. The summed E-state index contributed by atoms with van der Waals surface area (Å²) in [5.74, 6) is 0.880. The second kappa shape index (κ2) is 3.81. The van der Waals surface area contributed by atoms with E-state index in [0.717, 1.165) is 5.92 Å². The Labute approximate surface area is 84.2 Å². The molecule has 1 nitrogen and oxygen atoms in total. The number of nitrogens with one attached hydrogen (secondary N) is 1. The van der Waals surface area contributed by atoms with Crippen LogP contribution in [0.5, 0.6) is 0 Å². The second-order valence-corrected chi connectivity index (χ2v) is 5.19. The van der Waals surface area contributed by atoms with Crippen molar-refractivity contribution in [2.75, 3.05) is 6.54 Å². The highest BCUT2D eigenvalue weighted by Gasteiger charge is 2.21. The minimum atomic E-state index is 0.620. The van der Waals surface area contributed by atoms with Gasteiger partial charge in [-0.2, -0.15) is 0 Å². The Morgan fingerprint density at radius 2 is 2.38 bits per heavy atom. The number of aryl methyl sites for hydroxylation is 1. The van der Waals surface area contributed by atoms with E-state index in [4.69, 9.17) is 0 Å². The molecule has 1 aromatic heterocycles. The first kappa shape index (κ1) is 9.22. The van der Waals surface area contributed by atoms with Gasteiger partial charge in [-0.15, -0.1) is 11.3 Å². The minimum Gasteiger partial charge on any atom is -0.310 e. The predicted molar refractivity (Wildman–Crippen MR) is 58.2 cm³/mol. The largest absolute Gasteiger partial charge is 0.310 e. The molecule has 0 amide bonds. The van der Waals surface area contributed by atoms with Crippen LogP contribution in [0.25, 0.3) is 0 Å². The van der Waals surface area contributed by atoms with Crippen molar-refractivity contribution >= 4 is 11.3 Å². The molecule has 1 fully saturated rings. The van der Waals surface area contributed by atoms with Crippen molar-refractivity contribution in [3.8, 4) is 0 Å². The average Bonchev–Trinajstić information content (AvgIpc) is 2.51. The molecule has 13 heavy (non-hydrogen) atoms. The third-order valence-electron chi connectivity index (χ3n) is 2.94. The molecule has 0 saturated carbocycles. The zero-order valence-corrected chi connectivity index (χ0v) is 9.16. The molecule has 0 radical (unpaired) electrons. The first-order valence-corrected chi connectivity index (χ1v) is 5.92. The molecule has 2 rings (SSSR count). The van der Waals surface area contributed by atoms with Gasteiger partial charge in [0, 0.05) is 10.9 Å². The van der Waals surface area contributed by atoms with Crippen LogP contribution in [0.3, 0.4) is 0 Å². The van der Waals surface area contributed by atoms with Crippen LogP contribution < -0.4 is 5.32 Å². The molecule has 2 unspecified atom stereocenters. The van der Waals surface area contributed by atoms with E-state index >= 15 is 0 Å². The van der Waals surface area contributed by atoms with Gasteiger partial charge in [0.2, 0.25) is 0 Å². The fraction of sp³-hybridized carbons (Fsp3) is 0.636. The summed E-state index contributed by atoms with van der Waals surface area (Å²) in [5, 5.41) is 5.80. The summed E-state index contributed by atoms with van der Waals surface area (Å²) in [4.78, 5) is 1.48. The predicted octanol–water partition coefficient (Wildman–Crippen LogP) is 3.12. The Morgan fingerprint density at radius 3 is 3.00 bits per heavy atom. The first-order valence-electron chi connectivity index (χ1n) is 5.04. The molecule has 0 spiro atoms. The van der Waals surface area contributed by atoms with E-state index < -0.39 is 0 Å². The summed E-state index contributed by atoms with van der Waals surface area (Å²) in [6.07, 6.45) is 2.64. The number of hydrogen-bond acceptors (Lipinski definition) is 2. The zero-order valence-electron chi connectivity index (χ0n) is 8.34. The Bertz CT molecular complexity index is 279. The Hall–Kier alpha value is -0.340. The van der Waals surface area contributed by atoms with E-state index in [2.05, 4.69) is 30.6 Å². The lowest BCUT2D eigenvalue weighted by atomic mass is 9.90. The van der Waals surface area contributed by atoms with Gasteiger partial charge in [-0.25, -0.2) is 0 Å². The van der Waals surface area contributed by atoms with Crippen LogP contribution in [-0.4, -0.2) is 6.54 Å². The summed E-state index contributed by atoms with van der Waals surface area (Å²) >= 11 is 1.86. The van der Waals surface area contributed by atoms with Gasteiger partial charge in [0.05, 0.1) is 0 Å². The highest BCUT2D eigenvalue weighted by molar-refractivity contribution is 7.10. The molecule has 1 saturated heterocycles. The maximum absolute atomic E-state index is 3.60. The van der Waals surface area contributed by atoms with Crippen LogP contribution >= 0.6 is 11.3 Å². The third kappa shape index (κ3) is 1.94. The molecule has 1 N–H and O–H groups in total. The van der Waals surface area contributed by atoms with Gasteiger partial charge < -0.3 is 5.32 Å². The number of rotatable bonds is 1. The van der Waals surface area contributed by atoms with E-state index in [-0.39, 0.29) is 0 Å². The summed E-state index contributed by atoms with van der Waals surface area (Å²) in [6, 6.07) is 2.89. The summed E-state index contributed by atoms with van der Waals surface area (Å²) in [7, 11) is 0. The molecule has 2 heteroatoms.